The lowest BCUT2D eigenvalue weighted by Crippen LogP contribution is -2.19. The predicted octanol–water partition coefficient (Wildman–Crippen LogP) is 1.73. The van der Waals surface area contributed by atoms with E-state index >= 15 is 0 Å². The summed E-state index contributed by atoms with van der Waals surface area (Å²) in [4.78, 5) is 8.40. The maximum atomic E-state index is 5.78. The van der Waals surface area contributed by atoms with Crippen LogP contribution in [0.5, 0.6) is 11.6 Å². The molecular formula is C15H17N3O2. The Hall–Kier alpha value is -2.14. The van der Waals surface area contributed by atoms with Gasteiger partial charge in [0.05, 0.1) is 25.5 Å². The topological polar surface area (TPSA) is 56.3 Å². The van der Waals surface area contributed by atoms with Gasteiger partial charge in [0.1, 0.15) is 12.1 Å². The molecule has 1 aromatic carbocycles. The van der Waals surface area contributed by atoms with E-state index in [1.165, 1.54) is 11.9 Å². The number of benzene rings is 1. The van der Waals surface area contributed by atoms with Gasteiger partial charge in [0.15, 0.2) is 0 Å². The molecule has 0 spiro atoms. The summed E-state index contributed by atoms with van der Waals surface area (Å²) in [6.07, 6.45) is 2.48. The molecule has 0 bridgehead atoms. The molecular weight excluding hydrogens is 254 g/mol. The van der Waals surface area contributed by atoms with Crippen LogP contribution in [-0.4, -0.2) is 30.7 Å². The summed E-state index contributed by atoms with van der Waals surface area (Å²) in [6, 6.07) is 8.04. The van der Waals surface area contributed by atoms with Gasteiger partial charge in [0.25, 0.3) is 0 Å². The van der Waals surface area contributed by atoms with E-state index in [0.717, 1.165) is 30.0 Å². The van der Waals surface area contributed by atoms with E-state index in [0.29, 0.717) is 5.88 Å². The summed E-state index contributed by atoms with van der Waals surface area (Å²) in [5.41, 5.74) is 3.22. The highest BCUT2D eigenvalue weighted by Gasteiger charge is 2.23. The quantitative estimate of drug-likeness (QED) is 0.917. The molecule has 0 saturated heterocycles. The van der Waals surface area contributed by atoms with Gasteiger partial charge in [-0.3, -0.25) is 0 Å². The van der Waals surface area contributed by atoms with Crippen LogP contribution in [0.1, 0.15) is 22.9 Å². The minimum absolute atomic E-state index is 0.0417. The van der Waals surface area contributed by atoms with Crippen LogP contribution in [0.2, 0.25) is 0 Å². The van der Waals surface area contributed by atoms with Gasteiger partial charge in [0, 0.05) is 18.1 Å². The van der Waals surface area contributed by atoms with E-state index in [4.69, 9.17) is 9.47 Å². The summed E-state index contributed by atoms with van der Waals surface area (Å²) in [5.74, 6) is 1.54. The fourth-order valence-corrected chi connectivity index (χ4v) is 2.55. The van der Waals surface area contributed by atoms with Crippen molar-refractivity contribution in [2.75, 3.05) is 20.8 Å². The maximum absolute atomic E-state index is 5.78. The van der Waals surface area contributed by atoms with Crippen LogP contribution in [0.25, 0.3) is 0 Å². The molecule has 2 heterocycles. The third kappa shape index (κ3) is 2.20. The Bertz CT molecular complexity index is 616. The van der Waals surface area contributed by atoms with Gasteiger partial charge in [-0.05, 0) is 12.6 Å². The first-order chi connectivity index (χ1) is 9.83. The molecule has 0 aliphatic carbocycles. The normalized spacial score (nSPS) is 14.5. The average Bonchev–Trinajstić information content (AvgIpc) is 2.97. The van der Waals surface area contributed by atoms with Crippen molar-refractivity contribution in [3.05, 3.63) is 47.4 Å². The van der Waals surface area contributed by atoms with Crippen molar-refractivity contribution in [2.45, 2.75) is 12.5 Å². The minimum Gasteiger partial charge on any atom is -0.493 e. The van der Waals surface area contributed by atoms with Crippen LogP contribution >= 0.6 is 0 Å². The molecule has 3 rings (SSSR count). The van der Waals surface area contributed by atoms with Crippen LogP contribution in [0, 0.1) is 0 Å². The molecule has 1 atom stereocenters. The molecule has 1 aromatic heterocycles. The molecule has 1 aliphatic rings. The van der Waals surface area contributed by atoms with Crippen molar-refractivity contribution in [2.24, 2.45) is 0 Å². The number of nitrogens with one attached hydrogen (secondary N) is 1. The SMILES string of the molecule is CNC(c1cc(OC)ncn1)c1cccc2c1OCC2. The number of hydrogen-bond donors (Lipinski definition) is 1. The Kier molecular flexibility index (Phi) is 3.52. The Morgan fingerprint density at radius 3 is 3.05 bits per heavy atom. The van der Waals surface area contributed by atoms with Gasteiger partial charge in [0.2, 0.25) is 5.88 Å². The summed E-state index contributed by atoms with van der Waals surface area (Å²) >= 11 is 0. The molecule has 1 N–H and O–H groups in total. The monoisotopic (exact) mass is 271 g/mol. The Balaban J connectivity index is 2.04. The van der Waals surface area contributed by atoms with E-state index in [1.54, 1.807) is 7.11 Å². The zero-order chi connectivity index (χ0) is 13.9. The largest absolute Gasteiger partial charge is 0.493 e. The number of rotatable bonds is 4. The third-order valence-corrected chi connectivity index (χ3v) is 3.51. The Labute approximate surface area is 118 Å². The molecule has 0 radical (unpaired) electrons. The maximum Gasteiger partial charge on any atom is 0.216 e. The zero-order valence-electron chi connectivity index (χ0n) is 11.6. The van der Waals surface area contributed by atoms with Crippen LogP contribution < -0.4 is 14.8 Å². The lowest BCUT2D eigenvalue weighted by atomic mass is 9.99. The molecule has 0 amide bonds. The second-order valence-corrected chi connectivity index (χ2v) is 4.64. The van der Waals surface area contributed by atoms with Gasteiger partial charge in [-0.1, -0.05) is 18.2 Å². The summed E-state index contributed by atoms with van der Waals surface area (Å²) < 4.78 is 10.9. The van der Waals surface area contributed by atoms with E-state index in [-0.39, 0.29) is 6.04 Å². The van der Waals surface area contributed by atoms with E-state index in [9.17, 15) is 0 Å². The van der Waals surface area contributed by atoms with Gasteiger partial charge >= 0.3 is 0 Å². The number of fused-ring (bicyclic) bond motifs is 1. The Morgan fingerprint density at radius 2 is 2.25 bits per heavy atom. The number of ether oxygens (including phenoxy) is 2. The van der Waals surface area contributed by atoms with Crippen molar-refractivity contribution in [1.82, 2.24) is 15.3 Å². The van der Waals surface area contributed by atoms with Crippen LogP contribution in [0.15, 0.2) is 30.6 Å². The molecule has 1 unspecified atom stereocenters. The van der Waals surface area contributed by atoms with Crippen molar-refractivity contribution in [3.8, 4) is 11.6 Å². The standard InChI is InChI=1S/C15H17N3O2/c1-16-14(12-8-13(19-2)18-9-17-12)11-5-3-4-10-6-7-20-15(10)11/h3-5,8-9,14,16H,6-7H2,1-2H3. The second kappa shape index (κ2) is 5.46. The number of hydrogen-bond acceptors (Lipinski definition) is 5. The van der Waals surface area contributed by atoms with Crippen molar-refractivity contribution in [1.29, 1.82) is 0 Å². The fraction of sp³-hybridized carbons (Fsp3) is 0.333. The van der Waals surface area contributed by atoms with Crippen molar-refractivity contribution in [3.63, 3.8) is 0 Å². The number of methoxy groups -OCH3 is 1. The molecule has 1 aliphatic heterocycles. The third-order valence-electron chi connectivity index (χ3n) is 3.51. The first-order valence-electron chi connectivity index (χ1n) is 6.61. The average molecular weight is 271 g/mol. The summed E-state index contributed by atoms with van der Waals surface area (Å²) in [7, 11) is 3.51. The highest BCUT2D eigenvalue weighted by Crippen LogP contribution is 2.35. The molecule has 2 aromatic rings. The van der Waals surface area contributed by atoms with E-state index in [2.05, 4.69) is 33.5 Å². The molecule has 0 fully saturated rings. The van der Waals surface area contributed by atoms with Gasteiger partial charge in [-0.15, -0.1) is 0 Å². The number of nitrogens with zero attached hydrogens (tertiary/aromatic N) is 2. The summed E-state index contributed by atoms with van der Waals surface area (Å²) in [6.45, 7) is 0.746. The van der Waals surface area contributed by atoms with Gasteiger partial charge in [-0.2, -0.15) is 0 Å². The molecule has 104 valence electrons. The highest BCUT2D eigenvalue weighted by atomic mass is 16.5. The molecule has 5 nitrogen and oxygen atoms in total. The van der Waals surface area contributed by atoms with Crippen LogP contribution in [0.3, 0.4) is 0 Å². The second-order valence-electron chi connectivity index (χ2n) is 4.64. The lowest BCUT2D eigenvalue weighted by molar-refractivity contribution is 0.350. The first-order valence-corrected chi connectivity index (χ1v) is 6.61. The smallest absolute Gasteiger partial charge is 0.216 e. The number of aromatic nitrogens is 2. The van der Waals surface area contributed by atoms with E-state index < -0.39 is 0 Å². The number of para-hydroxylation sites is 1. The molecule has 5 heteroatoms. The highest BCUT2D eigenvalue weighted by molar-refractivity contribution is 5.48. The Morgan fingerprint density at radius 1 is 1.35 bits per heavy atom. The van der Waals surface area contributed by atoms with Crippen LogP contribution in [-0.2, 0) is 6.42 Å². The first kappa shape index (κ1) is 12.9. The van der Waals surface area contributed by atoms with Gasteiger partial charge in [-0.25, -0.2) is 9.97 Å². The minimum atomic E-state index is -0.0417. The van der Waals surface area contributed by atoms with Crippen LogP contribution in [0.4, 0.5) is 0 Å². The zero-order valence-corrected chi connectivity index (χ0v) is 11.6. The fourth-order valence-electron chi connectivity index (χ4n) is 2.55. The van der Waals surface area contributed by atoms with Gasteiger partial charge < -0.3 is 14.8 Å². The molecule has 20 heavy (non-hydrogen) atoms. The summed E-state index contributed by atoms with van der Waals surface area (Å²) in [5, 5.41) is 3.29. The predicted molar refractivity (Wildman–Crippen MR) is 75.1 cm³/mol. The lowest BCUT2D eigenvalue weighted by Gasteiger charge is -2.19. The van der Waals surface area contributed by atoms with Crippen molar-refractivity contribution < 1.29 is 9.47 Å². The van der Waals surface area contributed by atoms with E-state index in [1.807, 2.05) is 13.1 Å². The molecule has 0 saturated carbocycles. The van der Waals surface area contributed by atoms with Crippen molar-refractivity contribution >= 4 is 0 Å².